The summed E-state index contributed by atoms with van der Waals surface area (Å²) in [5.74, 6) is 0. The maximum Gasteiger partial charge on any atom is 0.135 e. The zero-order valence-electron chi connectivity index (χ0n) is 31.9. The number of hydrogen-bond donors (Lipinski definition) is 0. The molecule has 0 aliphatic heterocycles. The quantitative estimate of drug-likeness (QED) is 0.166. The van der Waals surface area contributed by atoms with E-state index in [2.05, 4.69) is 121 Å². The molecule has 7 aromatic carbocycles. The van der Waals surface area contributed by atoms with Gasteiger partial charge in [-0.2, -0.15) is 0 Å². The predicted octanol–water partition coefficient (Wildman–Crippen LogP) is 14.3. The highest BCUT2D eigenvalue weighted by atomic mass is 16.3. The Morgan fingerprint density at radius 1 is 0.283 bits per heavy atom. The topological polar surface area (TPSA) is 77.8 Å². The predicted molar refractivity (Wildman–Crippen MR) is 244 cm³/mol. The second kappa shape index (κ2) is 12.6. The molecule has 6 nitrogen and oxygen atoms in total. The van der Waals surface area contributed by atoms with Crippen LogP contribution in [0, 0.1) is 0 Å². The van der Waals surface area contributed by atoms with Crippen molar-refractivity contribution in [2.75, 3.05) is 0 Å². The Labute approximate surface area is 342 Å². The van der Waals surface area contributed by atoms with Gasteiger partial charge in [0.25, 0.3) is 0 Å². The number of pyridine rings is 4. The van der Waals surface area contributed by atoms with Crippen LogP contribution in [0.3, 0.4) is 0 Å². The van der Waals surface area contributed by atoms with E-state index in [4.69, 9.17) is 28.8 Å². The van der Waals surface area contributed by atoms with E-state index >= 15 is 0 Å². The number of fused-ring (bicyclic) bond motifs is 12. The SMILES string of the molecule is c1cc(-c2cnc3c(ccc4ccc(-c5ccc6oc7ccccc7c6c5)nc43)c2)cc(-c2cnc3c(ccc4ccc(-c5ccc6oc7ccccc7c6c5)nc43)c2)c1. The number of benzene rings is 7. The van der Waals surface area contributed by atoms with Crippen molar-refractivity contribution in [3.8, 4) is 44.8 Å². The highest BCUT2D eigenvalue weighted by Gasteiger charge is 2.14. The molecule has 6 aromatic heterocycles. The molecule has 0 aliphatic rings. The average molecular weight is 767 g/mol. The zero-order valence-corrected chi connectivity index (χ0v) is 31.9. The Morgan fingerprint density at radius 2 is 0.733 bits per heavy atom. The molecular weight excluding hydrogens is 737 g/mol. The van der Waals surface area contributed by atoms with Gasteiger partial charge in [-0.05, 0) is 90.0 Å². The first-order chi connectivity index (χ1) is 29.7. The lowest BCUT2D eigenvalue weighted by atomic mass is 9.98. The molecule has 6 heterocycles. The summed E-state index contributed by atoms with van der Waals surface area (Å²) in [6.07, 6.45) is 3.92. The Balaban J connectivity index is 0.838. The summed E-state index contributed by atoms with van der Waals surface area (Å²) in [5, 5.41) is 8.55. The molecule has 6 heteroatoms. The second-order valence-electron chi connectivity index (χ2n) is 15.5. The van der Waals surface area contributed by atoms with Gasteiger partial charge >= 0.3 is 0 Å². The number of nitrogens with zero attached hydrogens (tertiary/aromatic N) is 4. The molecule has 13 rings (SSSR count). The van der Waals surface area contributed by atoms with Gasteiger partial charge in [0.05, 0.1) is 33.5 Å². The molecule has 0 atom stereocenters. The molecular formula is C54H30N4O2. The van der Waals surface area contributed by atoms with E-state index in [1.807, 2.05) is 60.9 Å². The van der Waals surface area contributed by atoms with Gasteiger partial charge in [-0.1, -0.05) is 91.0 Å². The molecule has 0 saturated carbocycles. The lowest BCUT2D eigenvalue weighted by Gasteiger charge is -2.10. The molecule has 13 aromatic rings. The van der Waals surface area contributed by atoms with E-state index < -0.39 is 0 Å². The van der Waals surface area contributed by atoms with Gasteiger partial charge in [0.15, 0.2) is 0 Å². The number of furan rings is 2. The third-order valence-corrected chi connectivity index (χ3v) is 11.9. The van der Waals surface area contributed by atoms with Crippen LogP contribution in [-0.2, 0) is 0 Å². The largest absolute Gasteiger partial charge is 0.456 e. The van der Waals surface area contributed by atoms with Gasteiger partial charge in [-0.3, -0.25) is 9.97 Å². The van der Waals surface area contributed by atoms with E-state index in [0.29, 0.717) is 0 Å². The van der Waals surface area contributed by atoms with Crippen molar-refractivity contribution in [2.24, 2.45) is 0 Å². The zero-order chi connectivity index (χ0) is 39.3. The minimum Gasteiger partial charge on any atom is -0.456 e. The fraction of sp³-hybridized carbons (Fsp3) is 0. The normalized spacial score (nSPS) is 12.0. The summed E-state index contributed by atoms with van der Waals surface area (Å²) in [4.78, 5) is 20.4. The number of rotatable bonds is 4. The third-order valence-electron chi connectivity index (χ3n) is 11.9. The highest BCUT2D eigenvalue weighted by Crippen LogP contribution is 2.37. The molecule has 0 N–H and O–H groups in total. The van der Waals surface area contributed by atoms with Crippen LogP contribution in [0.1, 0.15) is 0 Å². The van der Waals surface area contributed by atoms with Gasteiger partial charge in [-0.15, -0.1) is 0 Å². The van der Waals surface area contributed by atoms with Crippen molar-refractivity contribution in [3.63, 3.8) is 0 Å². The van der Waals surface area contributed by atoms with Gasteiger partial charge in [-0.25, -0.2) is 9.97 Å². The van der Waals surface area contributed by atoms with Crippen molar-refractivity contribution in [1.82, 2.24) is 19.9 Å². The summed E-state index contributed by atoms with van der Waals surface area (Å²) in [6, 6.07) is 58.8. The van der Waals surface area contributed by atoms with Crippen LogP contribution < -0.4 is 0 Å². The molecule has 0 amide bonds. The Hall–Kier alpha value is -8.22. The van der Waals surface area contributed by atoms with Crippen LogP contribution in [0.25, 0.3) is 132 Å². The van der Waals surface area contributed by atoms with Crippen molar-refractivity contribution >= 4 is 87.5 Å². The summed E-state index contributed by atoms with van der Waals surface area (Å²) in [6.45, 7) is 0. The van der Waals surface area contributed by atoms with E-state index in [0.717, 1.165) is 132 Å². The van der Waals surface area contributed by atoms with Crippen LogP contribution in [0.2, 0.25) is 0 Å². The van der Waals surface area contributed by atoms with Gasteiger partial charge < -0.3 is 8.83 Å². The molecule has 278 valence electrons. The van der Waals surface area contributed by atoms with E-state index in [1.54, 1.807) is 0 Å². The first kappa shape index (κ1) is 32.8. The maximum atomic E-state index is 6.08. The minimum atomic E-state index is 0.871. The lowest BCUT2D eigenvalue weighted by Crippen LogP contribution is -1.91. The smallest absolute Gasteiger partial charge is 0.135 e. The molecule has 0 fully saturated rings. The monoisotopic (exact) mass is 766 g/mol. The first-order valence-electron chi connectivity index (χ1n) is 20.0. The van der Waals surface area contributed by atoms with Crippen molar-refractivity contribution in [3.05, 3.63) is 182 Å². The van der Waals surface area contributed by atoms with Crippen molar-refractivity contribution in [1.29, 1.82) is 0 Å². The van der Waals surface area contributed by atoms with Crippen LogP contribution >= 0.6 is 0 Å². The highest BCUT2D eigenvalue weighted by molar-refractivity contribution is 6.09. The molecule has 60 heavy (non-hydrogen) atoms. The average Bonchev–Trinajstić information content (AvgIpc) is 3.88. The lowest BCUT2D eigenvalue weighted by molar-refractivity contribution is 0.668. The van der Waals surface area contributed by atoms with E-state index in [1.165, 1.54) is 0 Å². The standard InChI is InChI=1S/C54H30N4O2/c1-3-10-47-41(8-1)43-27-35(18-22-49(43)59-47)45-20-16-31-12-14-37-25-39(29-55-51(37)53(31)57-45)33-6-5-7-34(24-33)40-26-38-15-13-32-17-21-46(58-54(32)52(38)56-30-40)36-19-23-50-44(28-36)42-9-2-4-11-48(42)60-50/h1-30H. The second-order valence-corrected chi connectivity index (χ2v) is 15.5. The van der Waals surface area contributed by atoms with Crippen molar-refractivity contribution < 1.29 is 8.83 Å². The summed E-state index contributed by atoms with van der Waals surface area (Å²) >= 11 is 0. The van der Waals surface area contributed by atoms with Crippen LogP contribution in [0.4, 0.5) is 0 Å². The summed E-state index contributed by atoms with van der Waals surface area (Å²) in [5.41, 5.74) is 15.1. The molecule has 0 bridgehead atoms. The fourth-order valence-corrected chi connectivity index (χ4v) is 8.85. The number of hydrogen-bond acceptors (Lipinski definition) is 6. The van der Waals surface area contributed by atoms with Gasteiger partial charge in [0.2, 0.25) is 0 Å². The summed E-state index contributed by atoms with van der Waals surface area (Å²) < 4.78 is 12.2. The molecule has 0 saturated heterocycles. The number of aromatic nitrogens is 4. The minimum absolute atomic E-state index is 0.871. The Kier molecular flexibility index (Phi) is 6.91. The first-order valence-corrected chi connectivity index (χ1v) is 20.0. The molecule has 0 spiro atoms. The third kappa shape index (κ3) is 5.14. The van der Waals surface area contributed by atoms with Gasteiger partial charge in [0, 0.05) is 77.7 Å². The Bertz CT molecular complexity index is 3670. The van der Waals surface area contributed by atoms with Crippen LogP contribution in [-0.4, -0.2) is 19.9 Å². The van der Waals surface area contributed by atoms with E-state index in [-0.39, 0.29) is 0 Å². The maximum absolute atomic E-state index is 6.08. The summed E-state index contributed by atoms with van der Waals surface area (Å²) in [7, 11) is 0. The van der Waals surface area contributed by atoms with Crippen LogP contribution in [0.5, 0.6) is 0 Å². The number of para-hydroxylation sites is 2. The Morgan fingerprint density at radius 3 is 1.25 bits per heavy atom. The molecule has 0 unspecified atom stereocenters. The fourth-order valence-electron chi connectivity index (χ4n) is 8.85. The van der Waals surface area contributed by atoms with Crippen LogP contribution in [0.15, 0.2) is 191 Å². The van der Waals surface area contributed by atoms with Gasteiger partial charge in [0.1, 0.15) is 22.3 Å². The van der Waals surface area contributed by atoms with Crippen molar-refractivity contribution in [2.45, 2.75) is 0 Å². The molecule has 0 aliphatic carbocycles. The molecule has 0 radical (unpaired) electrons. The van der Waals surface area contributed by atoms with E-state index in [9.17, 15) is 0 Å².